The van der Waals surface area contributed by atoms with E-state index in [2.05, 4.69) is 5.32 Å². The second-order valence-electron chi connectivity index (χ2n) is 5.02. The molecule has 1 aliphatic carbocycles. The maximum atomic E-state index is 11.8. The third-order valence-corrected chi connectivity index (χ3v) is 3.49. The summed E-state index contributed by atoms with van der Waals surface area (Å²) in [6.45, 7) is 0.579. The fourth-order valence-corrected chi connectivity index (χ4v) is 2.11. The Morgan fingerprint density at radius 1 is 1.50 bits per heavy atom. The van der Waals surface area contributed by atoms with E-state index in [1.165, 1.54) is 6.42 Å². The molecule has 0 saturated heterocycles. The van der Waals surface area contributed by atoms with Crippen molar-refractivity contribution in [3.63, 3.8) is 0 Å². The maximum absolute atomic E-state index is 11.8. The SMILES string of the molecule is COc1cccc(CC(=O)NCC2(N)CCC2)c1. The molecule has 0 aliphatic heterocycles. The van der Waals surface area contributed by atoms with Crippen molar-refractivity contribution in [3.05, 3.63) is 29.8 Å². The van der Waals surface area contributed by atoms with Crippen LogP contribution in [-0.4, -0.2) is 25.1 Å². The molecule has 4 heteroatoms. The Kier molecular flexibility index (Phi) is 3.87. The maximum Gasteiger partial charge on any atom is 0.224 e. The molecule has 1 saturated carbocycles. The summed E-state index contributed by atoms with van der Waals surface area (Å²) < 4.78 is 5.13. The molecule has 1 amide bonds. The molecule has 1 fully saturated rings. The molecular weight excluding hydrogens is 228 g/mol. The zero-order valence-corrected chi connectivity index (χ0v) is 10.7. The highest BCUT2D eigenvalue weighted by Crippen LogP contribution is 2.28. The topological polar surface area (TPSA) is 64.3 Å². The molecule has 0 aromatic heterocycles. The van der Waals surface area contributed by atoms with E-state index >= 15 is 0 Å². The van der Waals surface area contributed by atoms with Gasteiger partial charge in [0.25, 0.3) is 0 Å². The van der Waals surface area contributed by atoms with Gasteiger partial charge in [0.1, 0.15) is 5.75 Å². The van der Waals surface area contributed by atoms with E-state index in [1.54, 1.807) is 7.11 Å². The lowest BCUT2D eigenvalue weighted by atomic mass is 9.78. The van der Waals surface area contributed by atoms with Gasteiger partial charge in [0.15, 0.2) is 0 Å². The highest BCUT2D eigenvalue weighted by molar-refractivity contribution is 5.78. The summed E-state index contributed by atoms with van der Waals surface area (Å²) in [6.07, 6.45) is 3.55. The number of carbonyl (C=O) groups is 1. The van der Waals surface area contributed by atoms with E-state index < -0.39 is 0 Å². The van der Waals surface area contributed by atoms with Crippen molar-refractivity contribution in [2.45, 2.75) is 31.2 Å². The summed E-state index contributed by atoms with van der Waals surface area (Å²) in [5.74, 6) is 0.787. The Labute approximate surface area is 108 Å². The van der Waals surface area contributed by atoms with Crippen molar-refractivity contribution in [1.82, 2.24) is 5.32 Å². The number of hydrogen-bond acceptors (Lipinski definition) is 3. The minimum atomic E-state index is -0.163. The molecule has 3 N–H and O–H groups in total. The predicted octanol–water partition coefficient (Wildman–Crippen LogP) is 1.24. The molecule has 1 aromatic rings. The zero-order valence-electron chi connectivity index (χ0n) is 10.7. The van der Waals surface area contributed by atoms with Gasteiger partial charge in [0, 0.05) is 12.1 Å². The summed E-state index contributed by atoms with van der Waals surface area (Å²) in [7, 11) is 1.62. The molecule has 0 spiro atoms. The lowest BCUT2D eigenvalue weighted by molar-refractivity contribution is -0.120. The minimum Gasteiger partial charge on any atom is -0.497 e. The number of benzene rings is 1. The van der Waals surface area contributed by atoms with Crippen molar-refractivity contribution >= 4 is 5.91 Å². The number of nitrogens with one attached hydrogen (secondary N) is 1. The molecule has 0 atom stereocenters. The number of nitrogens with two attached hydrogens (primary N) is 1. The molecule has 0 heterocycles. The van der Waals surface area contributed by atoms with Gasteiger partial charge in [-0.2, -0.15) is 0 Å². The average Bonchev–Trinajstić information content (AvgIpc) is 2.34. The van der Waals surface area contributed by atoms with E-state index in [1.807, 2.05) is 24.3 Å². The van der Waals surface area contributed by atoms with Crippen LogP contribution in [0.1, 0.15) is 24.8 Å². The quantitative estimate of drug-likeness (QED) is 0.824. The van der Waals surface area contributed by atoms with E-state index in [0.717, 1.165) is 24.2 Å². The first-order valence-electron chi connectivity index (χ1n) is 6.30. The Hall–Kier alpha value is -1.55. The second-order valence-corrected chi connectivity index (χ2v) is 5.02. The molecule has 1 aromatic carbocycles. The van der Waals surface area contributed by atoms with Crippen LogP contribution in [0.2, 0.25) is 0 Å². The molecule has 18 heavy (non-hydrogen) atoms. The minimum absolute atomic E-state index is 0.0139. The summed E-state index contributed by atoms with van der Waals surface area (Å²) in [5.41, 5.74) is 6.84. The number of rotatable bonds is 5. The first-order chi connectivity index (χ1) is 8.61. The van der Waals surface area contributed by atoms with Crippen molar-refractivity contribution in [2.24, 2.45) is 5.73 Å². The first-order valence-corrected chi connectivity index (χ1v) is 6.30. The highest BCUT2D eigenvalue weighted by Gasteiger charge is 2.32. The largest absolute Gasteiger partial charge is 0.497 e. The van der Waals surface area contributed by atoms with Crippen LogP contribution >= 0.6 is 0 Å². The van der Waals surface area contributed by atoms with Crippen LogP contribution in [0.4, 0.5) is 0 Å². The van der Waals surface area contributed by atoms with Crippen molar-refractivity contribution in [2.75, 3.05) is 13.7 Å². The summed E-state index contributed by atoms with van der Waals surface area (Å²) in [6, 6.07) is 7.55. The van der Waals surface area contributed by atoms with Gasteiger partial charge in [-0.05, 0) is 37.0 Å². The first kappa shape index (κ1) is 12.9. The predicted molar refractivity (Wildman–Crippen MR) is 70.5 cm³/mol. The van der Waals surface area contributed by atoms with Crippen LogP contribution in [0.3, 0.4) is 0 Å². The Morgan fingerprint density at radius 2 is 2.28 bits per heavy atom. The van der Waals surface area contributed by atoms with Crippen LogP contribution in [0, 0.1) is 0 Å². The normalized spacial score (nSPS) is 16.8. The highest BCUT2D eigenvalue weighted by atomic mass is 16.5. The monoisotopic (exact) mass is 248 g/mol. The molecule has 0 radical (unpaired) electrons. The Balaban J connectivity index is 1.82. The number of hydrogen-bond donors (Lipinski definition) is 2. The van der Waals surface area contributed by atoms with Gasteiger partial charge in [-0.3, -0.25) is 4.79 Å². The molecule has 1 aliphatic rings. The Morgan fingerprint density at radius 3 is 2.89 bits per heavy atom. The van der Waals surface area contributed by atoms with Gasteiger partial charge in [0.2, 0.25) is 5.91 Å². The number of amides is 1. The summed E-state index contributed by atoms with van der Waals surface area (Å²) >= 11 is 0. The standard InChI is InChI=1S/C14H20N2O2/c1-18-12-5-2-4-11(8-12)9-13(17)16-10-14(15)6-3-7-14/h2,4-5,8H,3,6-7,9-10,15H2,1H3,(H,16,17). The van der Waals surface area contributed by atoms with E-state index in [4.69, 9.17) is 10.5 Å². The van der Waals surface area contributed by atoms with Crippen LogP contribution in [0.15, 0.2) is 24.3 Å². The third kappa shape index (κ3) is 3.23. The molecule has 4 nitrogen and oxygen atoms in total. The van der Waals surface area contributed by atoms with Gasteiger partial charge in [-0.15, -0.1) is 0 Å². The van der Waals surface area contributed by atoms with Gasteiger partial charge >= 0.3 is 0 Å². The molecule has 2 rings (SSSR count). The number of ether oxygens (including phenoxy) is 1. The summed E-state index contributed by atoms with van der Waals surface area (Å²) in [5, 5.41) is 2.91. The smallest absolute Gasteiger partial charge is 0.224 e. The lowest BCUT2D eigenvalue weighted by Gasteiger charge is -2.38. The van der Waals surface area contributed by atoms with Gasteiger partial charge in [0.05, 0.1) is 13.5 Å². The van der Waals surface area contributed by atoms with Crippen LogP contribution < -0.4 is 15.8 Å². The molecule has 0 unspecified atom stereocenters. The summed E-state index contributed by atoms with van der Waals surface area (Å²) in [4.78, 5) is 11.8. The van der Waals surface area contributed by atoms with Gasteiger partial charge in [-0.25, -0.2) is 0 Å². The second kappa shape index (κ2) is 5.40. The van der Waals surface area contributed by atoms with Crippen molar-refractivity contribution in [3.8, 4) is 5.75 Å². The molecule has 98 valence electrons. The van der Waals surface area contributed by atoms with Gasteiger partial charge < -0.3 is 15.8 Å². The van der Waals surface area contributed by atoms with E-state index in [0.29, 0.717) is 13.0 Å². The number of methoxy groups -OCH3 is 1. The molecular formula is C14H20N2O2. The average molecular weight is 248 g/mol. The zero-order chi connectivity index (χ0) is 13.0. The van der Waals surface area contributed by atoms with Gasteiger partial charge in [-0.1, -0.05) is 12.1 Å². The van der Waals surface area contributed by atoms with E-state index in [9.17, 15) is 4.79 Å². The van der Waals surface area contributed by atoms with Crippen molar-refractivity contribution < 1.29 is 9.53 Å². The fourth-order valence-electron chi connectivity index (χ4n) is 2.11. The Bertz CT molecular complexity index is 428. The van der Waals surface area contributed by atoms with Crippen molar-refractivity contribution in [1.29, 1.82) is 0 Å². The third-order valence-electron chi connectivity index (χ3n) is 3.49. The van der Waals surface area contributed by atoms with Crippen LogP contribution in [0.25, 0.3) is 0 Å². The van der Waals surface area contributed by atoms with E-state index in [-0.39, 0.29) is 11.4 Å². The molecule has 0 bridgehead atoms. The van der Waals surface area contributed by atoms with Crippen LogP contribution in [-0.2, 0) is 11.2 Å². The van der Waals surface area contributed by atoms with Crippen LogP contribution in [0.5, 0.6) is 5.75 Å². The lowest BCUT2D eigenvalue weighted by Crippen LogP contribution is -2.55. The number of carbonyl (C=O) groups excluding carboxylic acids is 1. The fraction of sp³-hybridized carbons (Fsp3) is 0.500.